The van der Waals surface area contributed by atoms with Crippen molar-refractivity contribution in [2.75, 3.05) is 178 Å². The lowest BCUT2D eigenvalue weighted by Gasteiger charge is -2.28. The van der Waals surface area contributed by atoms with Gasteiger partial charge in [0.05, 0.1) is 126 Å². The van der Waals surface area contributed by atoms with Gasteiger partial charge in [0, 0.05) is 78.0 Å². The summed E-state index contributed by atoms with van der Waals surface area (Å²) < 4.78 is 0. The Bertz CT molecular complexity index is 1820. The molecule has 0 aliphatic heterocycles. The SMILES string of the molecule is NCCNC(=O)CN(CNC(=O)CCN(CCC(=O)NCN(CC(=O)NCN)CC(=O)NCN)CCN(CCC(=O)NCN(CC(=O)NCN)CC(=O)NCN)CCC(=O)NCN(CC(=O)NCN)CC(=O)NCN)CC(=O)NCN. The van der Waals surface area contributed by atoms with Crippen molar-refractivity contribution >= 4 is 70.9 Å². The molecule has 0 saturated heterocycles. The molecule has 38 nitrogen and oxygen atoms in total. The van der Waals surface area contributed by atoms with Crippen LogP contribution in [0, 0.1) is 0 Å². The summed E-state index contributed by atoms with van der Waals surface area (Å²) in [4.78, 5) is 161. The first kappa shape index (κ1) is 74.1. The molecule has 0 rings (SSSR count). The summed E-state index contributed by atoms with van der Waals surface area (Å²) in [5.74, 6) is -6.11. The van der Waals surface area contributed by atoms with E-state index in [1.165, 1.54) is 19.6 Å². The Morgan fingerprint density at radius 1 is 0.222 bits per heavy atom. The number of nitrogens with zero attached hydrogens (tertiary/aromatic N) is 6. The highest BCUT2D eigenvalue weighted by Crippen LogP contribution is 2.03. The second-order valence-electron chi connectivity index (χ2n) is 17.4. The van der Waals surface area contributed by atoms with Crippen LogP contribution in [-0.2, 0) is 57.5 Å². The lowest BCUT2D eigenvalue weighted by molar-refractivity contribution is -0.128. The summed E-state index contributed by atoms with van der Waals surface area (Å²) >= 11 is 0. The zero-order chi connectivity index (χ0) is 60.8. The van der Waals surface area contributed by atoms with Gasteiger partial charge < -0.3 is 119 Å². The van der Waals surface area contributed by atoms with Crippen LogP contribution in [0.15, 0.2) is 0 Å². The summed E-state index contributed by atoms with van der Waals surface area (Å²) in [5, 5.41) is 30.2. The van der Waals surface area contributed by atoms with Crippen LogP contribution in [0.5, 0.6) is 0 Å². The van der Waals surface area contributed by atoms with E-state index in [9.17, 15) is 57.5 Å². The Morgan fingerprint density at radius 3 is 0.580 bits per heavy atom. The van der Waals surface area contributed by atoms with Crippen LogP contribution in [0.2, 0.25) is 0 Å². The van der Waals surface area contributed by atoms with Gasteiger partial charge in [0.1, 0.15) is 0 Å². The first-order valence-electron chi connectivity index (χ1n) is 25.9. The molecule has 28 N–H and O–H groups in total. The largest absolute Gasteiger partial charge is 0.354 e. The molecule has 12 amide bonds. The zero-order valence-electron chi connectivity index (χ0n) is 46.1. The molecule has 0 aromatic heterocycles. The summed E-state index contributed by atoms with van der Waals surface area (Å²) in [6, 6.07) is 0. The average Bonchev–Trinajstić information content (AvgIpc) is 3.40. The first-order valence-corrected chi connectivity index (χ1v) is 25.9. The number of carbonyl (C=O) groups is 12. The van der Waals surface area contributed by atoms with Gasteiger partial charge in [-0.1, -0.05) is 0 Å². The average molecular weight is 1160 g/mol. The fourth-order valence-corrected chi connectivity index (χ4v) is 6.90. The van der Waals surface area contributed by atoms with Gasteiger partial charge in [-0.05, 0) is 0 Å². The van der Waals surface area contributed by atoms with E-state index in [0.29, 0.717) is 0 Å². The number of amides is 12. The molecule has 0 radical (unpaired) electrons. The van der Waals surface area contributed by atoms with Crippen LogP contribution < -0.4 is 110 Å². The van der Waals surface area contributed by atoms with Gasteiger partial charge in [-0.2, -0.15) is 0 Å². The molecule has 0 bridgehead atoms. The third-order valence-corrected chi connectivity index (χ3v) is 10.9. The third-order valence-electron chi connectivity index (χ3n) is 10.9. The van der Waals surface area contributed by atoms with Crippen molar-refractivity contribution in [3.05, 3.63) is 0 Å². The summed E-state index contributed by atoms with van der Waals surface area (Å²) in [5.41, 5.74) is 43.5. The van der Waals surface area contributed by atoms with E-state index >= 15 is 0 Å². The molecule has 0 unspecified atom stereocenters. The van der Waals surface area contributed by atoms with Gasteiger partial charge in [-0.15, -0.1) is 0 Å². The van der Waals surface area contributed by atoms with Gasteiger partial charge >= 0.3 is 0 Å². The first-order chi connectivity index (χ1) is 38.7. The van der Waals surface area contributed by atoms with E-state index in [0.717, 1.165) is 0 Å². The number of rotatable bonds is 48. The standard InChI is InChI=1S/C43H90N26O12/c44-5-6-52-36(74)13-66(14-37(75)53-21-45)28-60-32(70)1-7-64(8-2-33(71)61-29-67(15-38(76)54-22-46)16-39(77)55-23-47)11-12-65(9-3-34(72)62-30-68(17-40(78)56-24-48)18-41(79)57-25-49)10-4-35(73)63-31-69(19-42(80)58-26-50)20-43(81)59-27-51/h1-31,44-51H2,(H,52,74)(H,53,75)(H,54,76)(H,55,77)(H,56,78)(H,57,79)(H,58,80)(H,59,81)(H,60,70)(H,61,71)(H,62,72)(H,63,73). The molecule has 0 fully saturated rings. The van der Waals surface area contributed by atoms with E-state index in [-0.39, 0.29) is 204 Å². The highest BCUT2D eigenvalue weighted by atomic mass is 16.2. The van der Waals surface area contributed by atoms with E-state index in [1.807, 2.05) is 0 Å². The molecule has 0 atom stereocenters. The number of hydrogen-bond donors (Lipinski definition) is 20. The highest BCUT2D eigenvalue weighted by Gasteiger charge is 2.22. The van der Waals surface area contributed by atoms with Crippen LogP contribution in [0.3, 0.4) is 0 Å². The molecule has 0 aliphatic rings. The second kappa shape index (κ2) is 46.8. The third kappa shape index (κ3) is 40.8. The van der Waals surface area contributed by atoms with Crippen molar-refractivity contribution < 1.29 is 57.5 Å². The normalized spacial score (nSPS) is 11.0. The predicted molar refractivity (Wildman–Crippen MR) is 292 cm³/mol. The Morgan fingerprint density at radius 2 is 0.407 bits per heavy atom. The van der Waals surface area contributed by atoms with Crippen molar-refractivity contribution in [1.29, 1.82) is 0 Å². The Balaban J connectivity index is 6.69. The summed E-state index contributed by atoms with van der Waals surface area (Å²) in [7, 11) is 0. The minimum absolute atomic E-state index is 0.0254. The van der Waals surface area contributed by atoms with Crippen molar-refractivity contribution in [1.82, 2.24) is 93.2 Å². The summed E-state index contributed by atoms with van der Waals surface area (Å²) in [6.07, 6.45) is -0.672. The van der Waals surface area contributed by atoms with Gasteiger partial charge in [-0.25, -0.2) is 0 Å². The van der Waals surface area contributed by atoms with Crippen LogP contribution in [0.4, 0.5) is 0 Å². The molecule has 0 aliphatic carbocycles. The number of nitrogens with one attached hydrogen (secondary N) is 12. The van der Waals surface area contributed by atoms with Gasteiger partial charge in [0.2, 0.25) is 70.9 Å². The Kier molecular flexibility index (Phi) is 42.8. The maximum absolute atomic E-state index is 13.4. The van der Waals surface area contributed by atoms with Crippen molar-refractivity contribution in [3.63, 3.8) is 0 Å². The van der Waals surface area contributed by atoms with Gasteiger partial charge in [-0.3, -0.25) is 77.1 Å². The smallest absolute Gasteiger partial charge is 0.235 e. The lowest BCUT2D eigenvalue weighted by atomic mass is 10.2. The molecule has 0 aromatic rings. The fourth-order valence-electron chi connectivity index (χ4n) is 6.90. The Labute approximate surface area is 470 Å². The van der Waals surface area contributed by atoms with E-state index in [1.54, 1.807) is 9.80 Å². The molecule has 0 spiro atoms. The fraction of sp³-hybridized carbons (Fsp3) is 0.721. The van der Waals surface area contributed by atoms with Crippen LogP contribution in [0.1, 0.15) is 25.7 Å². The monoisotopic (exact) mass is 1160 g/mol. The molecular weight excluding hydrogens is 1070 g/mol. The van der Waals surface area contributed by atoms with Crippen molar-refractivity contribution in [2.24, 2.45) is 45.9 Å². The summed E-state index contributed by atoms with van der Waals surface area (Å²) in [6.45, 7) is -3.81. The van der Waals surface area contributed by atoms with E-state index < -0.39 is 70.9 Å². The van der Waals surface area contributed by atoms with E-state index in [2.05, 4.69) is 63.8 Å². The van der Waals surface area contributed by atoms with Crippen LogP contribution in [0.25, 0.3) is 0 Å². The quantitative estimate of drug-likeness (QED) is 0.0252. The molecular formula is C43H90N26O12. The van der Waals surface area contributed by atoms with Crippen LogP contribution in [-0.4, -0.2) is 278 Å². The Hall–Kier alpha value is -6.92. The molecule has 0 heterocycles. The van der Waals surface area contributed by atoms with Gasteiger partial charge in [0.15, 0.2) is 0 Å². The van der Waals surface area contributed by atoms with Crippen molar-refractivity contribution in [2.45, 2.75) is 25.7 Å². The van der Waals surface area contributed by atoms with Crippen LogP contribution >= 0.6 is 0 Å². The molecule has 81 heavy (non-hydrogen) atoms. The van der Waals surface area contributed by atoms with Gasteiger partial charge in [0.25, 0.3) is 0 Å². The second-order valence-corrected chi connectivity index (χ2v) is 17.4. The predicted octanol–water partition coefficient (Wildman–Crippen LogP) is -15.0. The zero-order valence-corrected chi connectivity index (χ0v) is 46.1. The molecule has 464 valence electrons. The molecule has 0 saturated carbocycles. The number of carbonyl (C=O) groups excluding carboxylic acids is 12. The topological polar surface area (TPSA) is 577 Å². The minimum Gasteiger partial charge on any atom is -0.354 e. The van der Waals surface area contributed by atoms with E-state index in [4.69, 9.17) is 45.9 Å². The maximum atomic E-state index is 13.4. The molecule has 38 heteroatoms. The minimum atomic E-state index is -0.517. The molecule has 0 aromatic carbocycles. The lowest BCUT2D eigenvalue weighted by Crippen LogP contribution is -2.49. The number of hydrogen-bond acceptors (Lipinski definition) is 26. The number of nitrogens with two attached hydrogens (primary N) is 8. The van der Waals surface area contributed by atoms with Crippen molar-refractivity contribution in [3.8, 4) is 0 Å². The highest BCUT2D eigenvalue weighted by molar-refractivity contribution is 5.84. The maximum Gasteiger partial charge on any atom is 0.235 e.